The zero-order valence-corrected chi connectivity index (χ0v) is 15.2. The lowest BCUT2D eigenvalue weighted by Crippen LogP contribution is -2.45. The van der Waals surface area contributed by atoms with Crippen molar-refractivity contribution in [3.8, 4) is 5.75 Å². The molecule has 2 rings (SSSR count). The van der Waals surface area contributed by atoms with Crippen LogP contribution in [0.15, 0.2) is 54.6 Å². The molecule has 2 aromatic rings. The number of nitrogens with one attached hydrogen (secondary N) is 2. The third-order valence-electron chi connectivity index (χ3n) is 3.47. The number of rotatable bonds is 9. The third-order valence-corrected chi connectivity index (χ3v) is 4.11. The van der Waals surface area contributed by atoms with Gasteiger partial charge in [-0.25, -0.2) is 4.39 Å². The second-order valence-electron chi connectivity index (χ2n) is 5.50. The van der Waals surface area contributed by atoms with Crippen LogP contribution < -0.4 is 15.4 Å². The Kier molecular flexibility index (Phi) is 7.95. The van der Waals surface area contributed by atoms with Crippen LogP contribution in [-0.2, 0) is 9.59 Å². The van der Waals surface area contributed by atoms with E-state index in [1.54, 1.807) is 42.1 Å². The molecule has 0 saturated heterocycles. The van der Waals surface area contributed by atoms with E-state index in [0.717, 1.165) is 0 Å². The van der Waals surface area contributed by atoms with Crippen molar-refractivity contribution >= 4 is 29.3 Å². The summed E-state index contributed by atoms with van der Waals surface area (Å²) < 4.78 is 18.6. The van der Waals surface area contributed by atoms with E-state index in [4.69, 9.17) is 4.74 Å². The number of hydrogen-bond donors (Lipinski definition) is 2. The Bertz CT molecular complexity index is 728. The summed E-state index contributed by atoms with van der Waals surface area (Å²) in [5.74, 6) is 0.0458. The van der Waals surface area contributed by atoms with Crippen LogP contribution in [0.5, 0.6) is 5.75 Å². The number of ether oxygens (including phenoxy) is 1. The van der Waals surface area contributed by atoms with Gasteiger partial charge in [-0.05, 0) is 48.8 Å². The molecule has 0 saturated carbocycles. The molecule has 7 heteroatoms. The quantitative estimate of drug-likeness (QED) is 0.706. The fourth-order valence-corrected chi connectivity index (χ4v) is 2.67. The molecule has 138 valence electrons. The van der Waals surface area contributed by atoms with Crippen LogP contribution >= 0.6 is 11.8 Å². The van der Waals surface area contributed by atoms with Crippen LogP contribution in [0.25, 0.3) is 0 Å². The van der Waals surface area contributed by atoms with E-state index in [2.05, 4.69) is 10.6 Å². The summed E-state index contributed by atoms with van der Waals surface area (Å²) in [6, 6.07) is 13.8. The lowest BCUT2D eigenvalue weighted by atomic mass is 10.2. The van der Waals surface area contributed by atoms with Crippen molar-refractivity contribution in [2.24, 2.45) is 0 Å². The third kappa shape index (κ3) is 6.76. The van der Waals surface area contributed by atoms with Crippen molar-refractivity contribution in [3.63, 3.8) is 0 Å². The van der Waals surface area contributed by atoms with Gasteiger partial charge in [-0.2, -0.15) is 11.8 Å². The number of para-hydroxylation sites is 1. The molecule has 1 atom stereocenters. The summed E-state index contributed by atoms with van der Waals surface area (Å²) >= 11 is 1.57. The van der Waals surface area contributed by atoms with Gasteiger partial charge in [-0.15, -0.1) is 0 Å². The van der Waals surface area contributed by atoms with Crippen LogP contribution in [-0.4, -0.2) is 36.5 Å². The first kappa shape index (κ1) is 19.8. The molecule has 2 N–H and O–H groups in total. The van der Waals surface area contributed by atoms with Crippen LogP contribution in [0.4, 0.5) is 10.1 Å². The normalized spacial score (nSPS) is 11.5. The van der Waals surface area contributed by atoms with Crippen molar-refractivity contribution in [1.82, 2.24) is 5.32 Å². The van der Waals surface area contributed by atoms with E-state index >= 15 is 0 Å². The summed E-state index contributed by atoms with van der Waals surface area (Å²) in [7, 11) is 0. The lowest BCUT2D eigenvalue weighted by Gasteiger charge is -2.18. The largest absolute Gasteiger partial charge is 0.484 e. The van der Waals surface area contributed by atoms with E-state index in [1.807, 2.05) is 12.3 Å². The Labute approximate surface area is 156 Å². The zero-order valence-electron chi connectivity index (χ0n) is 14.4. The number of benzene rings is 2. The molecule has 0 aliphatic rings. The second-order valence-corrected chi connectivity index (χ2v) is 6.49. The van der Waals surface area contributed by atoms with Crippen LogP contribution in [0.1, 0.15) is 6.42 Å². The van der Waals surface area contributed by atoms with E-state index in [1.165, 1.54) is 18.2 Å². The molecule has 26 heavy (non-hydrogen) atoms. The van der Waals surface area contributed by atoms with E-state index in [9.17, 15) is 14.0 Å². The van der Waals surface area contributed by atoms with Gasteiger partial charge in [0.15, 0.2) is 6.61 Å². The number of hydrogen-bond acceptors (Lipinski definition) is 4. The Balaban J connectivity index is 1.92. The Morgan fingerprint density at radius 1 is 1.15 bits per heavy atom. The fourth-order valence-electron chi connectivity index (χ4n) is 2.20. The number of anilines is 1. The van der Waals surface area contributed by atoms with E-state index in [0.29, 0.717) is 23.6 Å². The maximum atomic E-state index is 13.3. The minimum absolute atomic E-state index is 0.187. The molecule has 0 radical (unpaired) electrons. The smallest absolute Gasteiger partial charge is 0.258 e. The number of thioether (sulfide) groups is 1. The molecule has 0 fully saturated rings. The van der Waals surface area contributed by atoms with Crippen LogP contribution in [0.2, 0.25) is 0 Å². The van der Waals surface area contributed by atoms with Crippen molar-refractivity contribution in [3.05, 3.63) is 60.4 Å². The maximum absolute atomic E-state index is 13.3. The average Bonchev–Trinajstić information content (AvgIpc) is 2.64. The highest BCUT2D eigenvalue weighted by molar-refractivity contribution is 7.98. The highest BCUT2D eigenvalue weighted by atomic mass is 32.2. The number of amides is 2. The molecule has 2 aromatic carbocycles. The SMILES string of the molecule is CSCCC(NC(=O)COc1ccccc1)C(=O)Nc1cccc(F)c1. The van der Waals surface area contributed by atoms with Crippen molar-refractivity contribution in [2.45, 2.75) is 12.5 Å². The minimum Gasteiger partial charge on any atom is -0.484 e. The molecule has 1 unspecified atom stereocenters. The molecule has 0 aliphatic carbocycles. The molecular formula is C19H21FN2O3S. The molecule has 0 aromatic heterocycles. The van der Waals surface area contributed by atoms with Gasteiger partial charge in [0, 0.05) is 5.69 Å². The van der Waals surface area contributed by atoms with Crippen molar-refractivity contribution < 1.29 is 18.7 Å². The van der Waals surface area contributed by atoms with Gasteiger partial charge >= 0.3 is 0 Å². The summed E-state index contributed by atoms with van der Waals surface area (Å²) in [4.78, 5) is 24.6. The number of carbonyl (C=O) groups excluding carboxylic acids is 2. The lowest BCUT2D eigenvalue weighted by molar-refractivity contribution is -0.127. The second kappa shape index (κ2) is 10.5. The van der Waals surface area contributed by atoms with Crippen LogP contribution in [0.3, 0.4) is 0 Å². The van der Waals surface area contributed by atoms with Crippen molar-refractivity contribution in [1.29, 1.82) is 0 Å². The molecule has 0 spiro atoms. The predicted molar refractivity (Wildman–Crippen MR) is 102 cm³/mol. The first-order valence-electron chi connectivity index (χ1n) is 8.11. The molecule has 2 amide bonds. The standard InChI is InChI=1S/C19H21FN2O3S/c1-26-11-10-17(19(24)21-15-7-5-6-14(20)12-15)22-18(23)13-25-16-8-3-2-4-9-16/h2-9,12,17H,10-11,13H2,1H3,(H,21,24)(H,22,23). The molecule has 5 nitrogen and oxygen atoms in total. The topological polar surface area (TPSA) is 67.4 Å². The molecular weight excluding hydrogens is 355 g/mol. The summed E-state index contributed by atoms with van der Waals surface area (Å²) in [5, 5.41) is 5.30. The zero-order chi connectivity index (χ0) is 18.8. The van der Waals surface area contributed by atoms with Crippen molar-refractivity contribution in [2.75, 3.05) is 23.9 Å². The van der Waals surface area contributed by atoms with Gasteiger partial charge < -0.3 is 15.4 Å². The highest BCUT2D eigenvalue weighted by Crippen LogP contribution is 2.11. The minimum atomic E-state index is -0.724. The van der Waals surface area contributed by atoms with E-state index < -0.39 is 23.7 Å². The first-order valence-corrected chi connectivity index (χ1v) is 9.50. The summed E-state index contributed by atoms with van der Waals surface area (Å²) in [6.07, 6.45) is 2.38. The van der Waals surface area contributed by atoms with Gasteiger partial charge in [0.25, 0.3) is 5.91 Å². The Hall–Kier alpha value is -2.54. The maximum Gasteiger partial charge on any atom is 0.258 e. The fraction of sp³-hybridized carbons (Fsp3) is 0.263. The summed E-state index contributed by atoms with van der Waals surface area (Å²) in [5.41, 5.74) is 0.346. The first-order chi connectivity index (χ1) is 12.6. The van der Waals surface area contributed by atoms with Gasteiger partial charge in [-0.1, -0.05) is 24.3 Å². The molecule has 0 heterocycles. The van der Waals surface area contributed by atoms with Gasteiger partial charge in [-0.3, -0.25) is 9.59 Å². The molecule has 0 aliphatic heterocycles. The monoisotopic (exact) mass is 376 g/mol. The highest BCUT2D eigenvalue weighted by Gasteiger charge is 2.21. The number of halogens is 1. The van der Waals surface area contributed by atoms with Gasteiger partial charge in [0.1, 0.15) is 17.6 Å². The van der Waals surface area contributed by atoms with Crippen LogP contribution in [0, 0.1) is 5.82 Å². The number of carbonyl (C=O) groups is 2. The van der Waals surface area contributed by atoms with Gasteiger partial charge in [0.2, 0.25) is 5.91 Å². The molecule has 0 bridgehead atoms. The predicted octanol–water partition coefficient (Wildman–Crippen LogP) is 3.08. The Morgan fingerprint density at radius 3 is 2.62 bits per heavy atom. The van der Waals surface area contributed by atoms with E-state index in [-0.39, 0.29) is 6.61 Å². The van der Waals surface area contributed by atoms with Gasteiger partial charge in [0.05, 0.1) is 0 Å². The Morgan fingerprint density at radius 2 is 1.92 bits per heavy atom. The summed E-state index contributed by atoms with van der Waals surface area (Å²) in [6.45, 7) is -0.187. The average molecular weight is 376 g/mol.